The van der Waals surface area contributed by atoms with Crippen molar-refractivity contribution in [2.75, 3.05) is 0 Å². The van der Waals surface area contributed by atoms with Crippen molar-refractivity contribution < 1.29 is 9.90 Å². The second-order valence-electron chi connectivity index (χ2n) is 4.40. The number of hydrogen-bond donors (Lipinski definition) is 1. The molecule has 0 aromatic carbocycles. The molecule has 0 radical (unpaired) electrons. The lowest BCUT2D eigenvalue weighted by molar-refractivity contribution is -0.137. The van der Waals surface area contributed by atoms with Crippen LogP contribution in [0.5, 0.6) is 0 Å². The van der Waals surface area contributed by atoms with Gasteiger partial charge in [0.1, 0.15) is 6.54 Å². The number of carboxylic acids is 1. The Morgan fingerprint density at radius 2 is 2.05 bits per heavy atom. The topological polar surface area (TPSA) is 94.2 Å². The molecule has 0 bridgehead atoms. The van der Waals surface area contributed by atoms with Crippen LogP contribution in [0.25, 0.3) is 11.2 Å². The molecule has 19 heavy (non-hydrogen) atoms. The highest BCUT2D eigenvalue weighted by molar-refractivity contribution is 5.74. The van der Waals surface area contributed by atoms with Gasteiger partial charge in [0.05, 0.1) is 5.52 Å². The smallest absolute Gasteiger partial charge is 0.323 e. The molecule has 100 valence electrons. The third kappa shape index (κ3) is 2.14. The lowest BCUT2D eigenvalue weighted by Gasteiger charge is -2.15. The van der Waals surface area contributed by atoms with Crippen molar-refractivity contribution in [2.24, 2.45) is 0 Å². The number of aliphatic carboxylic acids is 1. The summed E-state index contributed by atoms with van der Waals surface area (Å²) in [6, 6.07) is 2.93. The van der Waals surface area contributed by atoms with E-state index in [4.69, 9.17) is 5.11 Å². The zero-order chi connectivity index (χ0) is 14.2. The second kappa shape index (κ2) is 4.68. The quantitative estimate of drug-likeness (QED) is 0.799. The van der Waals surface area contributed by atoms with Crippen LogP contribution in [0.4, 0.5) is 0 Å². The fourth-order valence-electron chi connectivity index (χ4n) is 1.98. The predicted molar refractivity (Wildman–Crippen MR) is 68.3 cm³/mol. The van der Waals surface area contributed by atoms with Gasteiger partial charge in [-0.25, -0.2) is 4.98 Å². The molecule has 7 nitrogen and oxygen atoms in total. The van der Waals surface area contributed by atoms with Crippen molar-refractivity contribution in [2.45, 2.75) is 26.4 Å². The van der Waals surface area contributed by atoms with Crippen LogP contribution in [-0.2, 0) is 11.3 Å². The van der Waals surface area contributed by atoms with Crippen LogP contribution >= 0.6 is 0 Å². The lowest BCUT2D eigenvalue weighted by Crippen LogP contribution is -2.43. The molecule has 0 saturated carbocycles. The first-order valence-corrected chi connectivity index (χ1v) is 5.75. The van der Waals surface area contributed by atoms with E-state index in [0.717, 1.165) is 4.57 Å². The van der Waals surface area contributed by atoms with E-state index in [0.29, 0.717) is 11.2 Å². The Labute approximate surface area is 107 Å². The van der Waals surface area contributed by atoms with Crippen LogP contribution in [0, 0.1) is 0 Å². The molecule has 2 aromatic heterocycles. The Bertz CT molecular complexity index is 758. The van der Waals surface area contributed by atoms with Crippen molar-refractivity contribution in [1.29, 1.82) is 0 Å². The van der Waals surface area contributed by atoms with E-state index in [-0.39, 0.29) is 6.04 Å². The maximum Gasteiger partial charge on any atom is 0.323 e. The second-order valence-corrected chi connectivity index (χ2v) is 4.40. The normalized spacial score (nSPS) is 11.1. The fourth-order valence-corrected chi connectivity index (χ4v) is 1.98. The molecule has 1 N–H and O–H groups in total. The van der Waals surface area contributed by atoms with Gasteiger partial charge < -0.3 is 5.11 Å². The number of aromatic nitrogens is 3. The summed E-state index contributed by atoms with van der Waals surface area (Å²) >= 11 is 0. The highest BCUT2D eigenvalue weighted by atomic mass is 16.4. The maximum absolute atomic E-state index is 12.0. The molecule has 0 fully saturated rings. The van der Waals surface area contributed by atoms with Crippen molar-refractivity contribution in [3.05, 3.63) is 39.0 Å². The minimum absolute atomic E-state index is 0.239. The zero-order valence-corrected chi connectivity index (χ0v) is 10.5. The SMILES string of the molecule is CC(C)n1c(=O)c(=O)n(CC(=O)O)c2cccnc21. The molecule has 0 unspecified atom stereocenters. The first-order chi connectivity index (χ1) is 8.93. The summed E-state index contributed by atoms with van der Waals surface area (Å²) in [7, 11) is 0. The number of hydrogen-bond acceptors (Lipinski definition) is 4. The van der Waals surface area contributed by atoms with Gasteiger partial charge in [-0.3, -0.25) is 23.5 Å². The number of nitrogens with zero attached hydrogens (tertiary/aromatic N) is 3. The van der Waals surface area contributed by atoms with Gasteiger partial charge >= 0.3 is 17.1 Å². The maximum atomic E-state index is 12.0. The van der Waals surface area contributed by atoms with Crippen molar-refractivity contribution in [3.63, 3.8) is 0 Å². The lowest BCUT2D eigenvalue weighted by atomic mass is 10.3. The Morgan fingerprint density at radius 3 is 2.63 bits per heavy atom. The fraction of sp³-hybridized carbons (Fsp3) is 0.333. The van der Waals surface area contributed by atoms with Gasteiger partial charge in [-0.1, -0.05) is 0 Å². The summed E-state index contributed by atoms with van der Waals surface area (Å²) in [5.74, 6) is -1.19. The van der Waals surface area contributed by atoms with E-state index >= 15 is 0 Å². The number of pyridine rings is 1. The molecule has 0 spiro atoms. The van der Waals surface area contributed by atoms with Crippen molar-refractivity contribution in [1.82, 2.24) is 14.1 Å². The Hall–Kier alpha value is -2.44. The van der Waals surface area contributed by atoms with E-state index in [9.17, 15) is 14.4 Å². The summed E-state index contributed by atoms with van der Waals surface area (Å²) in [6.07, 6.45) is 1.50. The monoisotopic (exact) mass is 263 g/mol. The average Bonchev–Trinajstić information content (AvgIpc) is 2.34. The van der Waals surface area contributed by atoms with E-state index in [1.165, 1.54) is 10.8 Å². The molecular weight excluding hydrogens is 250 g/mol. The van der Waals surface area contributed by atoms with Gasteiger partial charge in [-0.15, -0.1) is 0 Å². The first kappa shape index (κ1) is 13.0. The van der Waals surface area contributed by atoms with Crippen LogP contribution in [0.3, 0.4) is 0 Å². The summed E-state index contributed by atoms with van der Waals surface area (Å²) in [6.45, 7) is 2.96. The Morgan fingerprint density at radius 1 is 1.37 bits per heavy atom. The predicted octanol–water partition coefficient (Wildman–Crippen LogP) is 0.224. The number of carbonyl (C=O) groups is 1. The number of carboxylic acid groups (broad SMARTS) is 1. The minimum Gasteiger partial charge on any atom is -0.480 e. The van der Waals surface area contributed by atoms with E-state index in [1.807, 2.05) is 0 Å². The molecule has 2 aromatic rings. The van der Waals surface area contributed by atoms with Crippen LogP contribution in [-0.4, -0.2) is 25.2 Å². The molecule has 0 amide bonds. The molecule has 0 aliphatic rings. The van der Waals surface area contributed by atoms with Crippen LogP contribution in [0.2, 0.25) is 0 Å². The third-order valence-electron chi connectivity index (χ3n) is 2.74. The molecule has 2 rings (SSSR count). The third-order valence-corrected chi connectivity index (χ3v) is 2.74. The average molecular weight is 263 g/mol. The van der Waals surface area contributed by atoms with E-state index in [1.54, 1.807) is 26.0 Å². The Balaban J connectivity index is 2.97. The molecule has 0 aliphatic heterocycles. The summed E-state index contributed by atoms with van der Waals surface area (Å²) in [5, 5.41) is 8.83. The van der Waals surface area contributed by atoms with Gasteiger partial charge in [0.2, 0.25) is 0 Å². The Kier molecular flexibility index (Phi) is 3.20. The number of fused-ring (bicyclic) bond motifs is 1. The molecule has 2 heterocycles. The van der Waals surface area contributed by atoms with Gasteiger partial charge in [0.15, 0.2) is 5.65 Å². The van der Waals surface area contributed by atoms with E-state index in [2.05, 4.69) is 4.98 Å². The molecular formula is C12H13N3O4. The van der Waals surface area contributed by atoms with Gasteiger partial charge in [0.25, 0.3) is 0 Å². The molecule has 7 heteroatoms. The van der Waals surface area contributed by atoms with Crippen LogP contribution in [0.15, 0.2) is 27.9 Å². The molecule has 0 atom stereocenters. The zero-order valence-electron chi connectivity index (χ0n) is 10.5. The van der Waals surface area contributed by atoms with Crippen LogP contribution in [0.1, 0.15) is 19.9 Å². The standard InChI is InChI=1S/C12H13N3O4/c1-7(2)15-10-8(4-3-5-13-10)14(6-9(16)17)11(18)12(15)19/h3-5,7H,6H2,1-2H3,(H,16,17). The largest absolute Gasteiger partial charge is 0.480 e. The van der Waals surface area contributed by atoms with Crippen LogP contribution < -0.4 is 11.1 Å². The molecule has 0 saturated heterocycles. The van der Waals surface area contributed by atoms with Gasteiger partial charge in [-0.05, 0) is 26.0 Å². The van der Waals surface area contributed by atoms with Crippen molar-refractivity contribution in [3.8, 4) is 0 Å². The highest BCUT2D eigenvalue weighted by Crippen LogP contribution is 2.11. The minimum atomic E-state index is -1.19. The summed E-state index contributed by atoms with van der Waals surface area (Å²) < 4.78 is 2.21. The molecule has 0 aliphatic carbocycles. The first-order valence-electron chi connectivity index (χ1n) is 5.75. The van der Waals surface area contributed by atoms with Gasteiger partial charge in [0, 0.05) is 12.2 Å². The van der Waals surface area contributed by atoms with Crippen molar-refractivity contribution >= 4 is 17.1 Å². The summed E-state index contributed by atoms with van der Waals surface area (Å²) in [5.41, 5.74) is -0.967. The van der Waals surface area contributed by atoms with Gasteiger partial charge in [-0.2, -0.15) is 0 Å². The van der Waals surface area contributed by atoms with E-state index < -0.39 is 23.6 Å². The highest BCUT2D eigenvalue weighted by Gasteiger charge is 2.16. The summed E-state index contributed by atoms with van der Waals surface area (Å²) in [4.78, 5) is 38.9. The number of rotatable bonds is 3.